The third kappa shape index (κ3) is 3.77. The van der Waals surface area contributed by atoms with Gasteiger partial charge in [0, 0.05) is 5.41 Å². The average Bonchev–Trinajstić information content (AvgIpc) is 2.99. The lowest BCUT2D eigenvalue weighted by molar-refractivity contribution is -0.146. The first-order valence-electron chi connectivity index (χ1n) is 7.25. The maximum absolute atomic E-state index is 11.6. The number of rotatable bonds is 6. The van der Waals surface area contributed by atoms with Crippen LogP contribution in [-0.2, 0) is 19.1 Å². The van der Waals surface area contributed by atoms with Crippen molar-refractivity contribution in [1.29, 1.82) is 0 Å². The quantitative estimate of drug-likeness (QED) is 0.446. The monoisotopic (exact) mass is 330 g/mol. The molecule has 0 amide bonds. The molecule has 0 aromatic heterocycles. The molecule has 6 heteroatoms. The highest BCUT2D eigenvalue weighted by molar-refractivity contribution is 7.81. The van der Waals surface area contributed by atoms with Gasteiger partial charge in [0.2, 0.25) is 0 Å². The second-order valence-corrected chi connectivity index (χ2v) is 7.59. The van der Waals surface area contributed by atoms with Gasteiger partial charge < -0.3 is 9.47 Å². The highest BCUT2D eigenvalue weighted by atomic mass is 32.1. The second kappa shape index (κ2) is 6.65. The van der Waals surface area contributed by atoms with E-state index in [1.54, 1.807) is 13.8 Å². The van der Waals surface area contributed by atoms with Crippen molar-refractivity contribution >= 4 is 37.2 Å². The fraction of sp³-hybridized carbons (Fsp3) is 0.733. The minimum Gasteiger partial charge on any atom is -0.464 e. The lowest BCUT2D eigenvalue weighted by atomic mass is 9.81. The summed E-state index contributed by atoms with van der Waals surface area (Å²) < 4.78 is 10.7. The van der Waals surface area contributed by atoms with Crippen LogP contribution in [0.5, 0.6) is 0 Å². The Balaban J connectivity index is 1.96. The van der Waals surface area contributed by atoms with Crippen LogP contribution in [-0.4, -0.2) is 35.7 Å². The molecule has 0 aliphatic heterocycles. The van der Waals surface area contributed by atoms with Gasteiger partial charge in [0.05, 0.1) is 10.5 Å². The maximum atomic E-state index is 11.6. The first kappa shape index (κ1) is 16.7. The van der Waals surface area contributed by atoms with Crippen molar-refractivity contribution in [2.75, 3.05) is 13.2 Å². The Bertz CT molecular complexity index is 459. The highest BCUT2D eigenvalue weighted by Crippen LogP contribution is 2.54. The Morgan fingerprint density at radius 2 is 1.90 bits per heavy atom. The van der Waals surface area contributed by atoms with Gasteiger partial charge in [-0.1, -0.05) is 6.08 Å². The molecule has 0 aromatic rings. The molecule has 4 atom stereocenters. The number of ether oxygens (including phenoxy) is 2. The minimum absolute atomic E-state index is 0.150. The molecule has 2 bridgehead atoms. The van der Waals surface area contributed by atoms with Crippen LogP contribution in [0.3, 0.4) is 0 Å². The summed E-state index contributed by atoms with van der Waals surface area (Å²) in [6.07, 6.45) is 5.24. The van der Waals surface area contributed by atoms with Crippen LogP contribution in [0, 0.1) is 11.3 Å². The van der Waals surface area contributed by atoms with Crippen LogP contribution in [0.25, 0.3) is 0 Å². The van der Waals surface area contributed by atoms with E-state index >= 15 is 0 Å². The molecule has 0 aromatic carbocycles. The third-order valence-corrected chi connectivity index (χ3v) is 4.73. The molecule has 4 nitrogen and oxygen atoms in total. The van der Waals surface area contributed by atoms with Crippen molar-refractivity contribution in [2.24, 2.45) is 11.3 Å². The van der Waals surface area contributed by atoms with Gasteiger partial charge in [-0.05, 0) is 44.6 Å². The van der Waals surface area contributed by atoms with Crippen molar-refractivity contribution in [3.63, 3.8) is 0 Å². The minimum atomic E-state index is -0.428. The second-order valence-electron chi connectivity index (χ2n) is 6.04. The summed E-state index contributed by atoms with van der Waals surface area (Å²) in [7, 11) is 0. The van der Waals surface area contributed by atoms with E-state index in [9.17, 15) is 9.59 Å². The van der Waals surface area contributed by atoms with E-state index in [2.05, 4.69) is 31.3 Å². The van der Waals surface area contributed by atoms with Crippen molar-refractivity contribution in [2.45, 2.75) is 43.6 Å². The Morgan fingerprint density at radius 3 is 2.48 bits per heavy atom. The standard InChI is InChI=1S/C15H22O4S2/c1-9(20)13(16)18-7-12-5-11-3-4-15(12,6-11)8-19-14(17)10(2)21/h5,9-11,20-21H,3-4,6-8H2,1-2H3. The Morgan fingerprint density at radius 1 is 1.29 bits per heavy atom. The summed E-state index contributed by atoms with van der Waals surface area (Å²) >= 11 is 8.15. The first-order chi connectivity index (χ1) is 9.84. The van der Waals surface area contributed by atoms with Gasteiger partial charge in [-0.2, -0.15) is 25.3 Å². The van der Waals surface area contributed by atoms with Crippen molar-refractivity contribution in [1.82, 2.24) is 0 Å². The highest BCUT2D eigenvalue weighted by Gasteiger charge is 2.47. The zero-order valence-corrected chi connectivity index (χ0v) is 14.2. The lowest BCUT2D eigenvalue weighted by Gasteiger charge is -2.30. The molecule has 0 spiro atoms. The zero-order valence-electron chi connectivity index (χ0n) is 12.4. The average molecular weight is 330 g/mol. The molecule has 1 fully saturated rings. The largest absolute Gasteiger partial charge is 0.464 e. The van der Waals surface area contributed by atoms with E-state index < -0.39 is 10.5 Å². The smallest absolute Gasteiger partial charge is 0.318 e. The van der Waals surface area contributed by atoms with E-state index in [1.165, 1.54) is 0 Å². The van der Waals surface area contributed by atoms with E-state index in [1.807, 2.05) is 0 Å². The van der Waals surface area contributed by atoms with Gasteiger partial charge in [-0.3, -0.25) is 9.59 Å². The Kier molecular flexibility index (Phi) is 5.30. The van der Waals surface area contributed by atoms with Crippen LogP contribution in [0.1, 0.15) is 33.1 Å². The van der Waals surface area contributed by atoms with E-state index in [-0.39, 0.29) is 24.0 Å². The van der Waals surface area contributed by atoms with Gasteiger partial charge in [0.25, 0.3) is 0 Å². The third-order valence-electron chi connectivity index (χ3n) is 4.31. The molecule has 4 unspecified atom stereocenters. The summed E-state index contributed by atoms with van der Waals surface area (Å²) in [5.41, 5.74) is 0.934. The zero-order chi connectivity index (χ0) is 15.6. The fourth-order valence-corrected chi connectivity index (χ4v) is 3.24. The van der Waals surface area contributed by atoms with E-state index in [4.69, 9.17) is 9.47 Å². The number of hydrogen-bond donors (Lipinski definition) is 2. The molecule has 118 valence electrons. The van der Waals surface area contributed by atoms with Crippen LogP contribution in [0.4, 0.5) is 0 Å². The van der Waals surface area contributed by atoms with Gasteiger partial charge in [0.1, 0.15) is 13.2 Å². The maximum Gasteiger partial charge on any atom is 0.318 e. The molecule has 0 saturated heterocycles. The number of fused-ring (bicyclic) bond motifs is 2. The number of esters is 2. The molecule has 1 saturated carbocycles. The predicted octanol–water partition coefficient (Wildman–Crippen LogP) is 2.44. The summed E-state index contributed by atoms with van der Waals surface area (Å²) in [6.45, 7) is 4.01. The molecule has 0 radical (unpaired) electrons. The number of thiol groups is 2. The SMILES string of the molecule is CC(S)C(=O)OCC1=CC2CCC1(COC(=O)C(C)S)C2. The van der Waals surface area contributed by atoms with Crippen molar-refractivity contribution in [3.05, 3.63) is 11.6 Å². The fourth-order valence-electron chi connectivity index (χ4n) is 3.09. The van der Waals surface area contributed by atoms with Gasteiger partial charge >= 0.3 is 11.9 Å². The molecular formula is C15H22O4S2. The number of carbonyl (C=O) groups excluding carboxylic acids is 2. The summed E-state index contributed by atoms with van der Waals surface area (Å²) in [5, 5.41) is -0.849. The lowest BCUT2D eigenvalue weighted by Crippen LogP contribution is -2.31. The normalized spacial score (nSPS) is 29.7. The summed E-state index contributed by atoms with van der Waals surface area (Å²) in [6, 6.07) is 0. The van der Waals surface area contributed by atoms with Crippen molar-refractivity contribution in [3.8, 4) is 0 Å². The molecule has 2 aliphatic rings. The topological polar surface area (TPSA) is 52.6 Å². The van der Waals surface area contributed by atoms with Gasteiger partial charge in [-0.15, -0.1) is 0 Å². The summed E-state index contributed by atoms with van der Waals surface area (Å²) in [4.78, 5) is 23.2. The Hall–Kier alpha value is -0.620. The van der Waals surface area contributed by atoms with Crippen molar-refractivity contribution < 1.29 is 19.1 Å². The van der Waals surface area contributed by atoms with Gasteiger partial charge in [0.15, 0.2) is 0 Å². The number of hydrogen-bond acceptors (Lipinski definition) is 6. The molecule has 0 N–H and O–H groups in total. The Labute approximate surface area is 136 Å². The van der Waals surface area contributed by atoms with E-state index in [0.717, 1.165) is 24.8 Å². The van der Waals surface area contributed by atoms with Crippen LogP contribution >= 0.6 is 25.3 Å². The van der Waals surface area contributed by atoms with Crippen LogP contribution in [0.15, 0.2) is 11.6 Å². The number of allylic oxidation sites excluding steroid dienone is 1. The molecule has 0 heterocycles. The molecule has 2 rings (SSSR count). The van der Waals surface area contributed by atoms with Crippen LogP contribution < -0.4 is 0 Å². The van der Waals surface area contributed by atoms with Gasteiger partial charge in [-0.25, -0.2) is 0 Å². The summed E-state index contributed by atoms with van der Waals surface area (Å²) in [5.74, 6) is -0.110. The first-order valence-corrected chi connectivity index (χ1v) is 8.28. The molecule has 2 aliphatic carbocycles. The molecule has 21 heavy (non-hydrogen) atoms. The van der Waals surface area contributed by atoms with Crippen LogP contribution in [0.2, 0.25) is 0 Å². The molecular weight excluding hydrogens is 308 g/mol. The number of carbonyl (C=O) groups is 2. The predicted molar refractivity (Wildman–Crippen MR) is 86.7 cm³/mol. The van der Waals surface area contributed by atoms with E-state index in [0.29, 0.717) is 12.5 Å².